The molecular weight excluding hydrogens is 553 g/mol. The van der Waals surface area contributed by atoms with Gasteiger partial charge in [-0.3, -0.25) is 10.2 Å². The zero-order valence-corrected chi connectivity index (χ0v) is 23.3. The number of urea groups is 1. The third-order valence-electron chi connectivity index (χ3n) is 6.88. The third kappa shape index (κ3) is 6.30. The predicted octanol–water partition coefficient (Wildman–Crippen LogP) is 4.79. The Morgan fingerprint density at radius 1 is 1.12 bits per heavy atom. The van der Waals surface area contributed by atoms with Crippen molar-refractivity contribution in [3.63, 3.8) is 0 Å². The Hall–Kier alpha value is -4.27. The molecule has 1 aromatic carbocycles. The van der Waals surface area contributed by atoms with Gasteiger partial charge in [0.1, 0.15) is 17.7 Å². The number of methoxy groups -OCH3 is 1. The maximum Gasteiger partial charge on any atom is 0.416 e. The van der Waals surface area contributed by atoms with Crippen molar-refractivity contribution in [1.29, 1.82) is 0 Å². The first-order valence-corrected chi connectivity index (χ1v) is 13.2. The van der Waals surface area contributed by atoms with Crippen LogP contribution in [0.4, 0.5) is 35.3 Å². The number of hydrogen-bond acceptors (Lipinski definition) is 8. The summed E-state index contributed by atoms with van der Waals surface area (Å²) >= 11 is 0. The molecule has 14 heteroatoms. The molecule has 0 spiro atoms. The summed E-state index contributed by atoms with van der Waals surface area (Å²) in [4.78, 5) is 22.8. The van der Waals surface area contributed by atoms with Crippen LogP contribution < -0.4 is 16.4 Å². The summed E-state index contributed by atoms with van der Waals surface area (Å²) in [5.41, 5.74) is 9.95. The molecule has 4 N–H and O–H groups in total. The van der Waals surface area contributed by atoms with Gasteiger partial charge in [-0.15, -0.1) is 0 Å². The lowest BCUT2D eigenvalue weighted by molar-refractivity contribution is -0.137. The molecule has 0 saturated carbocycles. The molecule has 0 radical (unpaired) electrons. The molecule has 0 unspecified atom stereocenters. The van der Waals surface area contributed by atoms with Crippen molar-refractivity contribution in [2.24, 2.45) is 0 Å². The summed E-state index contributed by atoms with van der Waals surface area (Å²) in [6.07, 6.45) is -1.97. The maximum absolute atomic E-state index is 13.0. The minimum Gasteiger partial charge on any atom is -0.382 e. The van der Waals surface area contributed by atoms with E-state index in [0.717, 1.165) is 53.8 Å². The third-order valence-corrected chi connectivity index (χ3v) is 6.88. The van der Waals surface area contributed by atoms with Crippen LogP contribution in [-0.2, 0) is 28.8 Å². The Bertz CT molecular complexity index is 1570. The molecule has 2 atom stereocenters. The Morgan fingerprint density at radius 2 is 1.83 bits per heavy atom. The zero-order valence-electron chi connectivity index (χ0n) is 23.3. The highest BCUT2D eigenvalue weighted by Crippen LogP contribution is 2.37. The second kappa shape index (κ2) is 11.9. The number of hydrogen-bond donors (Lipinski definition) is 3. The number of ether oxygens (including phenoxy) is 2. The molecule has 1 aliphatic rings. The van der Waals surface area contributed by atoms with Crippen molar-refractivity contribution in [2.75, 3.05) is 36.6 Å². The molecule has 3 aromatic heterocycles. The van der Waals surface area contributed by atoms with Gasteiger partial charge in [-0.2, -0.15) is 18.3 Å². The standard InChI is InChI=1S/C28H31F3N8O3/c1-16-11-38(12-17(2)42-16)13-22-21(14-41-3)24(25-26(32)34-15-35-39(22)25)18-4-6-20(7-5-18)36-27(40)37-23-10-19(8-9-33-23)28(29,30)31/h4-10,15-17H,11-14H2,1-3H3,(H2,32,34,35)(H2,33,36,37,40)/t16-,17+. The smallest absolute Gasteiger partial charge is 0.382 e. The molecule has 4 heterocycles. The highest BCUT2D eigenvalue weighted by atomic mass is 19.4. The van der Waals surface area contributed by atoms with Crippen molar-refractivity contribution < 1.29 is 27.4 Å². The second-order valence-corrected chi connectivity index (χ2v) is 10.2. The molecule has 0 bridgehead atoms. The number of amides is 2. The quantitative estimate of drug-likeness (QED) is 0.283. The van der Waals surface area contributed by atoms with Crippen LogP contribution in [0, 0.1) is 0 Å². The number of aromatic nitrogens is 4. The molecule has 42 heavy (non-hydrogen) atoms. The number of rotatable bonds is 7. The van der Waals surface area contributed by atoms with Crippen molar-refractivity contribution in [3.05, 3.63) is 65.7 Å². The number of carbonyl (C=O) groups is 1. The number of nitrogen functional groups attached to an aromatic ring is 1. The number of fused-ring (bicyclic) bond motifs is 1. The Labute approximate surface area is 239 Å². The van der Waals surface area contributed by atoms with Crippen LogP contribution in [0.2, 0.25) is 0 Å². The topological polar surface area (TPSA) is 132 Å². The lowest BCUT2D eigenvalue weighted by Gasteiger charge is -2.35. The van der Waals surface area contributed by atoms with Gasteiger partial charge in [-0.25, -0.2) is 19.3 Å². The van der Waals surface area contributed by atoms with Gasteiger partial charge in [-0.05, 0) is 43.7 Å². The van der Waals surface area contributed by atoms with E-state index in [1.807, 2.05) is 26.0 Å². The first-order chi connectivity index (χ1) is 20.0. The molecule has 1 fully saturated rings. The maximum atomic E-state index is 13.0. The molecule has 4 aromatic rings. The van der Waals surface area contributed by atoms with Gasteiger partial charge in [0.15, 0.2) is 5.82 Å². The number of alkyl halides is 3. The summed E-state index contributed by atoms with van der Waals surface area (Å²) in [7, 11) is 1.62. The van der Waals surface area contributed by atoms with E-state index in [4.69, 9.17) is 15.2 Å². The second-order valence-electron chi connectivity index (χ2n) is 10.2. The minimum absolute atomic E-state index is 0.0895. The summed E-state index contributed by atoms with van der Waals surface area (Å²) in [5.74, 6) is 0.0815. The van der Waals surface area contributed by atoms with E-state index in [1.54, 1.807) is 23.8 Å². The first kappa shape index (κ1) is 29.2. The molecule has 11 nitrogen and oxygen atoms in total. The molecule has 5 rings (SSSR count). The van der Waals surface area contributed by atoms with Crippen LogP contribution in [0.5, 0.6) is 0 Å². The van der Waals surface area contributed by atoms with Gasteiger partial charge in [0.2, 0.25) is 0 Å². The van der Waals surface area contributed by atoms with Gasteiger partial charge in [0.05, 0.1) is 30.1 Å². The lowest BCUT2D eigenvalue weighted by atomic mass is 10.0. The van der Waals surface area contributed by atoms with E-state index in [0.29, 0.717) is 30.2 Å². The fraction of sp³-hybridized carbons (Fsp3) is 0.357. The van der Waals surface area contributed by atoms with Crippen molar-refractivity contribution in [3.8, 4) is 11.1 Å². The van der Waals surface area contributed by atoms with Crippen molar-refractivity contribution in [2.45, 2.75) is 45.4 Å². The van der Waals surface area contributed by atoms with Gasteiger partial charge in [0.25, 0.3) is 0 Å². The summed E-state index contributed by atoms with van der Waals surface area (Å²) < 4.78 is 52.3. The minimum atomic E-state index is -4.55. The summed E-state index contributed by atoms with van der Waals surface area (Å²) in [5, 5.41) is 9.46. The average Bonchev–Trinajstić information content (AvgIpc) is 3.22. The van der Waals surface area contributed by atoms with E-state index in [1.165, 1.54) is 6.33 Å². The van der Waals surface area contributed by atoms with Gasteiger partial charge in [0, 0.05) is 49.8 Å². The fourth-order valence-electron chi connectivity index (χ4n) is 5.29. The molecule has 0 aliphatic carbocycles. The molecule has 1 saturated heterocycles. The molecule has 2 amide bonds. The number of morpholine rings is 1. The van der Waals surface area contributed by atoms with E-state index in [9.17, 15) is 18.0 Å². The van der Waals surface area contributed by atoms with Crippen molar-refractivity contribution >= 4 is 28.9 Å². The van der Waals surface area contributed by atoms with E-state index in [2.05, 4.69) is 30.6 Å². The molecule has 222 valence electrons. The highest BCUT2D eigenvalue weighted by Gasteiger charge is 2.31. The highest BCUT2D eigenvalue weighted by molar-refractivity contribution is 5.99. The summed E-state index contributed by atoms with van der Waals surface area (Å²) in [6, 6.07) is 7.83. The van der Waals surface area contributed by atoms with E-state index < -0.39 is 17.8 Å². The van der Waals surface area contributed by atoms with Crippen LogP contribution in [-0.4, -0.2) is 62.9 Å². The summed E-state index contributed by atoms with van der Waals surface area (Å²) in [6.45, 7) is 6.52. The Kier molecular flexibility index (Phi) is 8.29. The first-order valence-electron chi connectivity index (χ1n) is 13.2. The Balaban J connectivity index is 1.42. The number of nitrogens with one attached hydrogen (secondary N) is 2. The lowest BCUT2D eigenvalue weighted by Crippen LogP contribution is -2.45. The molecule has 1 aliphatic heterocycles. The van der Waals surface area contributed by atoms with Gasteiger partial charge >= 0.3 is 12.2 Å². The van der Waals surface area contributed by atoms with E-state index >= 15 is 0 Å². The van der Waals surface area contributed by atoms with E-state index in [-0.39, 0.29) is 18.0 Å². The predicted molar refractivity (Wildman–Crippen MR) is 151 cm³/mol. The largest absolute Gasteiger partial charge is 0.416 e. The van der Waals surface area contributed by atoms with Crippen LogP contribution >= 0.6 is 0 Å². The Morgan fingerprint density at radius 3 is 2.50 bits per heavy atom. The normalized spacial score (nSPS) is 17.9. The monoisotopic (exact) mass is 584 g/mol. The number of carbonyl (C=O) groups excluding carboxylic acids is 1. The van der Waals surface area contributed by atoms with Crippen LogP contribution in [0.3, 0.4) is 0 Å². The van der Waals surface area contributed by atoms with Crippen molar-refractivity contribution in [1.82, 2.24) is 24.5 Å². The van der Waals surface area contributed by atoms with Gasteiger partial charge < -0.3 is 20.5 Å². The number of nitrogens with zero attached hydrogens (tertiary/aromatic N) is 5. The number of nitrogens with two attached hydrogens (primary N) is 1. The van der Waals surface area contributed by atoms with Crippen LogP contribution in [0.15, 0.2) is 48.9 Å². The van der Waals surface area contributed by atoms with Crippen LogP contribution in [0.25, 0.3) is 16.6 Å². The molecular formula is C28H31F3N8O3. The SMILES string of the molecule is COCc1c(-c2ccc(NC(=O)Nc3cc(C(F)(F)F)ccn3)cc2)c2c(N)ncnn2c1CN1C[C@@H](C)O[C@@H](C)C1. The zero-order chi connectivity index (χ0) is 30.0. The van der Waals surface area contributed by atoms with Gasteiger partial charge in [-0.1, -0.05) is 12.1 Å². The number of pyridine rings is 1. The number of anilines is 3. The average molecular weight is 585 g/mol. The number of benzene rings is 1. The number of halogens is 3. The fourth-order valence-corrected chi connectivity index (χ4v) is 5.29. The van der Waals surface area contributed by atoms with Crippen LogP contribution in [0.1, 0.15) is 30.7 Å².